The van der Waals surface area contributed by atoms with Crippen molar-refractivity contribution in [2.24, 2.45) is 10.7 Å². The molecule has 3 heteroatoms. The van der Waals surface area contributed by atoms with E-state index in [9.17, 15) is 0 Å². The van der Waals surface area contributed by atoms with E-state index in [4.69, 9.17) is 5.73 Å². The zero-order valence-corrected chi connectivity index (χ0v) is 5.93. The molecule has 0 aliphatic rings. The van der Waals surface area contributed by atoms with Crippen LogP contribution in [0.5, 0.6) is 0 Å². The van der Waals surface area contributed by atoms with E-state index in [1.165, 1.54) is 0 Å². The first kappa shape index (κ1) is 8.59. The molecule has 0 rings (SSSR count). The van der Waals surface area contributed by atoms with Gasteiger partial charge >= 0.3 is 0 Å². The lowest BCUT2D eigenvalue weighted by Gasteiger charge is -1.96. The molecule has 0 atom stereocenters. The highest BCUT2D eigenvalue weighted by atomic mass is 14.9. The van der Waals surface area contributed by atoms with E-state index in [0.717, 1.165) is 19.5 Å². The van der Waals surface area contributed by atoms with Gasteiger partial charge in [-0.25, -0.2) is 0 Å². The second-order valence-electron chi connectivity index (χ2n) is 1.77. The maximum absolute atomic E-state index is 5.25. The molecule has 9 heavy (non-hydrogen) atoms. The lowest BCUT2D eigenvalue weighted by atomic mass is 10.4. The van der Waals surface area contributed by atoms with Crippen LogP contribution in [0.3, 0.4) is 0 Å². The highest BCUT2D eigenvalue weighted by Gasteiger charge is 1.79. The fourth-order valence-electron chi connectivity index (χ4n) is 0.523. The van der Waals surface area contributed by atoms with Crippen molar-refractivity contribution in [3.63, 3.8) is 0 Å². The summed E-state index contributed by atoms with van der Waals surface area (Å²) >= 11 is 0. The molecule has 0 aliphatic carbocycles. The Kier molecular flexibility index (Phi) is 7.24. The van der Waals surface area contributed by atoms with Gasteiger partial charge in [-0.05, 0) is 12.6 Å². The van der Waals surface area contributed by atoms with E-state index in [0.29, 0.717) is 6.54 Å². The molecule has 54 valence electrons. The number of hydrogen-bond acceptors (Lipinski definition) is 3. The van der Waals surface area contributed by atoms with E-state index < -0.39 is 0 Å². The SMILES string of the molecule is C/N=C\CCNCCN. The smallest absolute Gasteiger partial charge is 0.0273 e. The van der Waals surface area contributed by atoms with Crippen LogP contribution in [0.2, 0.25) is 0 Å². The van der Waals surface area contributed by atoms with Gasteiger partial charge in [0.15, 0.2) is 0 Å². The number of aliphatic imine (C=N–C) groups is 1. The Bertz CT molecular complexity index is 70.7. The summed E-state index contributed by atoms with van der Waals surface area (Å²) in [6.07, 6.45) is 2.89. The summed E-state index contributed by atoms with van der Waals surface area (Å²) in [6.45, 7) is 2.59. The van der Waals surface area contributed by atoms with Crippen LogP contribution in [0, 0.1) is 0 Å². The van der Waals surface area contributed by atoms with Crippen LogP contribution in [0.25, 0.3) is 0 Å². The topological polar surface area (TPSA) is 50.4 Å². The van der Waals surface area contributed by atoms with Gasteiger partial charge in [0.05, 0.1) is 0 Å². The second-order valence-corrected chi connectivity index (χ2v) is 1.77. The molecule has 3 nitrogen and oxygen atoms in total. The molecule has 0 saturated carbocycles. The highest BCUT2D eigenvalue weighted by molar-refractivity contribution is 5.56. The summed E-state index contributed by atoms with van der Waals surface area (Å²) in [6, 6.07) is 0. The minimum Gasteiger partial charge on any atom is -0.329 e. The Morgan fingerprint density at radius 2 is 2.33 bits per heavy atom. The van der Waals surface area contributed by atoms with Crippen LogP contribution in [0.4, 0.5) is 0 Å². The van der Waals surface area contributed by atoms with Gasteiger partial charge in [0.1, 0.15) is 0 Å². The lowest BCUT2D eigenvalue weighted by Crippen LogP contribution is -2.23. The van der Waals surface area contributed by atoms with Crippen molar-refractivity contribution in [1.29, 1.82) is 0 Å². The van der Waals surface area contributed by atoms with Crippen LogP contribution in [0.1, 0.15) is 6.42 Å². The van der Waals surface area contributed by atoms with Crippen LogP contribution >= 0.6 is 0 Å². The Morgan fingerprint density at radius 1 is 1.56 bits per heavy atom. The van der Waals surface area contributed by atoms with Crippen molar-refractivity contribution in [2.45, 2.75) is 6.42 Å². The molecule has 0 heterocycles. The average molecular weight is 129 g/mol. The first-order valence-electron chi connectivity index (χ1n) is 3.23. The van der Waals surface area contributed by atoms with Gasteiger partial charge in [0.2, 0.25) is 0 Å². The van der Waals surface area contributed by atoms with Gasteiger partial charge in [0, 0.05) is 26.7 Å². The molecule has 0 bridgehead atoms. The summed E-state index contributed by atoms with van der Waals surface area (Å²) in [5.41, 5.74) is 5.25. The fraction of sp³-hybridized carbons (Fsp3) is 0.833. The molecule has 0 spiro atoms. The third-order valence-electron chi connectivity index (χ3n) is 0.954. The van der Waals surface area contributed by atoms with E-state index in [-0.39, 0.29) is 0 Å². The zero-order valence-electron chi connectivity index (χ0n) is 5.93. The summed E-state index contributed by atoms with van der Waals surface area (Å²) in [7, 11) is 1.78. The molecule has 0 aromatic heterocycles. The molecular weight excluding hydrogens is 114 g/mol. The maximum atomic E-state index is 5.25. The summed E-state index contributed by atoms with van der Waals surface area (Å²) < 4.78 is 0. The molecule has 0 radical (unpaired) electrons. The van der Waals surface area contributed by atoms with Crippen LogP contribution in [-0.4, -0.2) is 32.9 Å². The molecule has 0 unspecified atom stereocenters. The molecule has 3 N–H and O–H groups in total. The van der Waals surface area contributed by atoms with Gasteiger partial charge < -0.3 is 16.0 Å². The Hall–Kier alpha value is -0.410. The molecule has 0 saturated heterocycles. The van der Waals surface area contributed by atoms with Gasteiger partial charge in [-0.1, -0.05) is 0 Å². The molecule has 0 amide bonds. The number of nitrogens with zero attached hydrogens (tertiary/aromatic N) is 1. The quantitative estimate of drug-likeness (QED) is 0.393. The number of rotatable bonds is 5. The summed E-state index contributed by atoms with van der Waals surface area (Å²) in [4.78, 5) is 3.84. The molecule has 0 aromatic rings. The molecule has 0 aliphatic heterocycles. The number of hydrogen-bond donors (Lipinski definition) is 2. The van der Waals surface area contributed by atoms with Gasteiger partial charge in [-0.15, -0.1) is 0 Å². The predicted octanol–water partition coefficient (Wildman–Crippen LogP) is -0.375. The van der Waals surface area contributed by atoms with Crippen molar-refractivity contribution in [2.75, 3.05) is 26.7 Å². The predicted molar refractivity (Wildman–Crippen MR) is 41.0 cm³/mol. The minimum absolute atomic E-state index is 0.712. The Labute approximate surface area is 56.3 Å². The minimum atomic E-state index is 0.712. The molecule has 0 aromatic carbocycles. The van der Waals surface area contributed by atoms with Gasteiger partial charge in [0.25, 0.3) is 0 Å². The summed E-state index contributed by atoms with van der Waals surface area (Å²) in [5, 5.41) is 3.15. The third kappa shape index (κ3) is 7.59. The van der Waals surface area contributed by atoms with Crippen LogP contribution < -0.4 is 11.1 Å². The van der Waals surface area contributed by atoms with E-state index in [2.05, 4.69) is 10.3 Å². The highest BCUT2D eigenvalue weighted by Crippen LogP contribution is 1.67. The standard InChI is InChI=1S/C6H15N3/c1-8-4-2-5-9-6-3-7/h4,9H,2-3,5-7H2,1H3/b8-4-. The second kappa shape index (κ2) is 7.59. The first-order valence-corrected chi connectivity index (χ1v) is 3.23. The van der Waals surface area contributed by atoms with Crippen LogP contribution in [0.15, 0.2) is 4.99 Å². The van der Waals surface area contributed by atoms with Crippen molar-refractivity contribution < 1.29 is 0 Å². The lowest BCUT2D eigenvalue weighted by molar-refractivity contribution is 0.708. The Morgan fingerprint density at radius 3 is 2.89 bits per heavy atom. The van der Waals surface area contributed by atoms with Crippen molar-refractivity contribution in [3.8, 4) is 0 Å². The average Bonchev–Trinajstić information content (AvgIpc) is 1.89. The third-order valence-corrected chi connectivity index (χ3v) is 0.954. The molecule has 0 fully saturated rings. The number of nitrogens with two attached hydrogens (primary N) is 1. The van der Waals surface area contributed by atoms with Crippen molar-refractivity contribution >= 4 is 6.21 Å². The van der Waals surface area contributed by atoms with Crippen molar-refractivity contribution in [1.82, 2.24) is 5.32 Å². The monoisotopic (exact) mass is 129 g/mol. The first-order chi connectivity index (χ1) is 4.41. The van der Waals surface area contributed by atoms with E-state index in [1.54, 1.807) is 7.05 Å². The van der Waals surface area contributed by atoms with E-state index in [1.807, 2.05) is 6.21 Å². The Balaban J connectivity index is 2.75. The summed E-state index contributed by atoms with van der Waals surface area (Å²) in [5.74, 6) is 0. The van der Waals surface area contributed by atoms with E-state index >= 15 is 0 Å². The van der Waals surface area contributed by atoms with Crippen molar-refractivity contribution in [3.05, 3.63) is 0 Å². The molecular formula is C6H15N3. The van der Waals surface area contributed by atoms with Crippen LogP contribution in [-0.2, 0) is 0 Å². The largest absolute Gasteiger partial charge is 0.329 e. The number of nitrogens with one attached hydrogen (secondary N) is 1. The normalized spacial score (nSPS) is 10.9. The fourth-order valence-corrected chi connectivity index (χ4v) is 0.523. The maximum Gasteiger partial charge on any atom is 0.0273 e. The van der Waals surface area contributed by atoms with Gasteiger partial charge in [-0.3, -0.25) is 0 Å². The zero-order chi connectivity index (χ0) is 6.95. The van der Waals surface area contributed by atoms with Gasteiger partial charge in [-0.2, -0.15) is 0 Å².